The number of hydrogen-bond donors (Lipinski definition) is 2. The van der Waals surface area contributed by atoms with Gasteiger partial charge in [0.25, 0.3) is 0 Å². The summed E-state index contributed by atoms with van der Waals surface area (Å²) in [6.45, 7) is 2.65. The molecule has 0 bridgehead atoms. The van der Waals surface area contributed by atoms with Crippen molar-refractivity contribution in [3.05, 3.63) is 48.0 Å². The number of carbonyl (C=O) groups is 1. The van der Waals surface area contributed by atoms with Gasteiger partial charge < -0.3 is 24.8 Å². The molecule has 1 unspecified atom stereocenters. The lowest BCUT2D eigenvalue weighted by atomic mass is 9.69. The van der Waals surface area contributed by atoms with Crippen molar-refractivity contribution in [1.29, 1.82) is 0 Å². The van der Waals surface area contributed by atoms with Crippen LogP contribution < -0.4 is 24.8 Å². The van der Waals surface area contributed by atoms with Crippen LogP contribution in [0.4, 0.5) is 5.69 Å². The van der Waals surface area contributed by atoms with Crippen LogP contribution in [-0.4, -0.2) is 39.8 Å². The number of benzene rings is 2. The van der Waals surface area contributed by atoms with Crippen LogP contribution in [0.3, 0.4) is 0 Å². The van der Waals surface area contributed by atoms with Crippen molar-refractivity contribution < 1.29 is 19.0 Å². The number of hydrogen-bond acceptors (Lipinski definition) is 5. The second kappa shape index (κ2) is 10.5. The zero-order valence-electron chi connectivity index (χ0n) is 19.0. The Hall–Kier alpha value is -2.73. The van der Waals surface area contributed by atoms with Crippen molar-refractivity contribution in [2.75, 3.05) is 33.2 Å². The van der Waals surface area contributed by atoms with Gasteiger partial charge in [-0.3, -0.25) is 4.79 Å². The summed E-state index contributed by atoms with van der Waals surface area (Å²) in [4.78, 5) is 12.9. The standard InChI is InChI=1S/C25H34N2O4/c1-18(24(28)27-22-16-21(30-3)12-13-23(22)31-4)26-17-25(14-6-5-7-15-25)19-8-10-20(29-2)11-9-19/h8-13,16,18,26H,5-7,14-15,17H2,1-4H3,(H,27,28). The summed E-state index contributed by atoms with van der Waals surface area (Å²) in [7, 11) is 4.87. The smallest absolute Gasteiger partial charge is 0.241 e. The molecule has 2 aromatic rings. The number of anilines is 1. The summed E-state index contributed by atoms with van der Waals surface area (Å²) in [6, 6.07) is 13.4. The molecule has 1 aliphatic rings. The molecule has 2 aromatic carbocycles. The van der Waals surface area contributed by atoms with Gasteiger partial charge >= 0.3 is 0 Å². The number of carbonyl (C=O) groups excluding carboxylic acids is 1. The summed E-state index contributed by atoms with van der Waals surface area (Å²) >= 11 is 0. The molecule has 0 heterocycles. The fraction of sp³-hybridized carbons (Fsp3) is 0.480. The highest BCUT2D eigenvalue weighted by Gasteiger charge is 2.34. The number of methoxy groups -OCH3 is 3. The van der Waals surface area contributed by atoms with Gasteiger partial charge in [0.05, 0.1) is 33.1 Å². The molecular weight excluding hydrogens is 392 g/mol. The first-order valence-electron chi connectivity index (χ1n) is 10.9. The molecule has 0 saturated heterocycles. The van der Waals surface area contributed by atoms with E-state index < -0.39 is 0 Å². The maximum Gasteiger partial charge on any atom is 0.241 e. The maximum atomic E-state index is 12.9. The quantitative estimate of drug-likeness (QED) is 0.617. The van der Waals surface area contributed by atoms with E-state index in [-0.39, 0.29) is 17.4 Å². The minimum atomic E-state index is -0.354. The van der Waals surface area contributed by atoms with E-state index >= 15 is 0 Å². The molecule has 0 spiro atoms. The van der Waals surface area contributed by atoms with Crippen LogP contribution in [0, 0.1) is 0 Å². The third-order valence-electron chi connectivity index (χ3n) is 6.32. The maximum absolute atomic E-state index is 12.9. The molecule has 0 radical (unpaired) electrons. The van der Waals surface area contributed by atoms with Crippen LogP contribution in [0.25, 0.3) is 0 Å². The summed E-state index contributed by atoms with van der Waals surface area (Å²) in [5, 5.41) is 6.46. The van der Waals surface area contributed by atoms with Crippen molar-refractivity contribution in [1.82, 2.24) is 5.32 Å². The highest BCUT2D eigenvalue weighted by Crippen LogP contribution is 2.39. The van der Waals surface area contributed by atoms with Gasteiger partial charge in [-0.2, -0.15) is 0 Å². The topological polar surface area (TPSA) is 68.8 Å². The highest BCUT2D eigenvalue weighted by atomic mass is 16.5. The van der Waals surface area contributed by atoms with Crippen molar-refractivity contribution >= 4 is 11.6 Å². The zero-order chi connectivity index (χ0) is 22.3. The van der Waals surface area contributed by atoms with Crippen LogP contribution in [-0.2, 0) is 10.2 Å². The molecule has 1 amide bonds. The fourth-order valence-corrected chi connectivity index (χ4v) is 4.33. The van der Waals surface area contributed by atoms with E-state index in [4.69, 9.17) is 14.2 Å². The Kier molecular flexibility index (Phi) is 7.80. The number of ether oxygens (including phenoxy) is 3. The molecule has 6 heteroatoms. The van der Waals surface area contributed by atoms with E-state index in [1.807, 2.05) is 19.1 Å². The van der Waals surface area contributed by atoms with E-state index in [0.717, 1.165) is 25.1 Å². The third kappa shape index (κ3) is 5.50. The zero-order valence-corrected chi connectivity index (χ0v) is 19.0. The minimum Gasteiger partial charge on any atom is -0.497 e. The van der Waals surface area contributed by atoms with Crippen LogP contribution in [0.2, 0.25) is 0 Å². The average Bonchev–Trinajstić information content (AvgIpc) is 2.83. The molecule has 1 saturated carbocycles. The van der Waals surface area contributed by atoms with Crippen LogP contribution >= 0.6 is 0 Å². The van der Waals surface area contributed by atoms with E-state index in [9.17, 15) is 4.79 Å². The summed E-state index contributed by atoms with van der Waals surface area (Å²) in [5.74, 6) is 2.02. The van der Waals surface area contributed by atoms with Gasteiger partial charge in [-0.1, -0.05) is 31.4 Å². The van der Waals surface area contributed by atoms with Crippen LogP contribution in [0.15, 0.2) is 42.5 Å². The van der Waals surface area contributed by atoms with Gasteiger partial charge in [-0.15, -0.1) is 0 Å². The minimum absolute atomic E-state index is 0.0344. The van der Waals surface area contributed by atoms with Crippen molar-refractivity contribution in [2.45, 2.75) is 50.5 Å². The van der Waals surface area contributed by atoms with Crippen molar-refractivity contribution in [2.24, 2.45) is 0 Å². The van der Waals surface area contributed by atoms with Gasteiger partial charge in [-0.25, -0.2) is 0 Å². The molecule has 2 N–H and O–H groups in total. The lowest BCUT2D eigenvalue weighted by Crippen LogP contribution is -2.47. The molecule has 31 heavy (non-hydrogen) atoms. The summed E-state index contributed by atoms with van der Waals surface area (Å²) in [5.41, 5.74) is 1.94. The molecular formula is C25H34N2O4. The first-order chi connectivity index (χ1) is 15.0. The first kappa shape index (κ1) is 22.9. The fourth-order valence-electron chi connectivity index (χ4n) is 4.33. The van der Waals surface area contributed by atoms with Gasteiger partial charge in [0.15, 0.2) is 0 Å². The SMILES string of the molecule is COc1ccc(C2(CNC(C)C(=O)Nc3cc(OC)ccc3OC)CCCCC2)cc1. The Balaban J connectivity index is 1.69. The Morgan fingerprint density at radius 3 is 2.19 bits per heavy atom. The van der Waals surface area contributed by atoms with Crippen LogP contribution in [0.1, 0.15) is 44.6 Å². The average molecular weight is 427 g/mol. The molecule has 3 rings (SSSR count). The van der Waals surface area contributed by atoms with Crippen LogP contribution in [0.5, 0.6) is 17.2 Å². The monoisotopic (exact) mass is 426 g/mol. The van der Waals surface area contributed by atoms with E-state index in [1.54, 1.807) is 39.5 Å². The summed E-state index contributed by atoms with van der Waals surface area (Å²) < 4.78 is 16.0. The Labute approximate surface area is 185 Å². The number of rotatable bonds is 9. The molecule has 0 aliphatic heterocycles. The molecule has 0 aromatic heterocycles. The predicted molar refractivity (Wildman–Crippen MR) is 123 cm³/mol. The van der Waals surface area contributed by atoms with Crippen molar-refractivity contribution in [3.8, 4) is 17.2 Å². The Morgan fingerprint density at radius 2 is 1.58 bits per heavy atom. The first-order valence-corrected chi connectivity index (χ1v) is 10.9. The van der Waals surface area contributed by atoms with Gasteiger partial charge in [0, 0.05) is 18.0 Å². The lowest BCUT2D eigenvalue weighted by molar-refractivity contribution is -0.117. The van der Waals surface area contributed by atoms with E-state index in [1.165, 1.54) is 24.8 Å². The van der Waals surface area contributed by atoms with Gasteiger partial charge in [-0.05, 0) is 49.6 Å². The second-order valence-corrected chi connectivity index (χ2v) is 8.23. The highest BCUT2D eigenvalue weighted by molar-refractivity contribution is 5.96. The molecule has 6 nitrogen and oxygen atoms in total. The van der Waals surface area contributed by atoms with Crippen molar-refractivity contribution in [3.63, 3.8) is 0 Å². The Morgan fingerprint density at radius 1 is 0.935 bits per heavy atom. The predicted octanol–water partition coefficient (Wildman–Crippen LogP) is 4.53. The van der Waals surface area contributed by atoms with E-state index in [2.05, 4.69) is 22.8 Å². The number of nitrogens with one attached hydrogen (secondary N) is 2. The molecule has 168 valence electrons. The molecule has 1 fully saturated rings. The summed E-state index contributed by atoms with van der Waals surface area (Å²) in [6.07, 6.45) is 5.91. The largest absolute Gasteiger partial charge is 0.497 e. The van der Waals surface area contributed by atoms with Gasteiger partial charge in [0.1, 0.15) is 17.2 Å². The lowest BCUT2D eigenvalue weighted by Gasteiger charge is -2.39. The molecule has 1 aliphatic carbocycles. The normalized spacial score (nSPS) is 16.3. The number of amides is 1. The second-order valence-electron chi connectivity index (χ2n) is 8.23. The third-order valence-corrected chi connectivity index (χ3v) is 6.32. The molecule has 1 atom stereocenters. The van der Waals surface area contributed by atoms with Gasteiger partial charge in [0.2, 0.25) is 5.91 Å². The Bertz CT molecular complexity index is 860. The van der Waals surface area contributed by atoms with E-state index in [0.29, 0.717) is 17.2 Å².